The lowest BCUT2D eigenvalue weighted by molar-refractivity contribution is -0.215. The first-order chi connectivity index (χ1) is 8.89. The largest absolute Gasteiger partial charge is 0.451 e. The molecule has 0 saturated carbocycles. The van der Waals surface area contributed by atoms with E-state index in [-0.39, 0.29) is 0 Å². The van der Waals surface area contributed by atoms with E-state index in [2.05, 4.69) is 4.74 Å². The molecule has 2 atom stereocenters. The molecule has 1 aromatic rings. The Labute approximate surface area is 113 Å². The molecule has 1 saturated heterocycles. The number of aliphatic hydroxyl groups excluding tert-OH is 1. The minimum atomic E-state index is -3.49. The third-order valence-corrected chi connectivity index (χ3v) is 3.03. The number of hydrogen-bond acceptors (Lipinski definition) is 3. The molecule has 6 heteroatoms. The van der Waals surface area contributed by atoms with Crippen molar-refractivity contribution in [2.24, 2.45) is 0 Å². The number of esters is 1. The Morgan fingerprint density at radius 2 is 2.00 bits per heavy atom. The van der Waals surface area contributed by atoms with Crippen LogP contribution >= 0.6 is 11.6 Å². The van der Waals surface area contributed by atoms with Gasteiger partial charge in [-0.1, -0.05) is 29.8 Å². The van der Waals surface area contributed by atoms with Gasteiger partial charge in [-0.3, -0.25) is 4.79 Å². The van der Waals surface area contributed by atoms with Crippen LogP contribution in [0, 0.1) is 0 Å². The van der Waals surface area contributed by atoms with Crippen molar-refractivity contribution in [2.75, 3.05) is 0 Å². The zero-order valence-electron chi connectivity index (χ0n) is 9.72. The molecule has 102 valence electrons. The van der Waals surface area contributed by atoms with Crippen molar-refractivity contribution in [1.82, 2.24) is 0 Å². The van der Waals surface area contributed by atoms with Crippen molar-refractivity contribution >= 4 is 23.6 Å². The number of benzene rings is 1. The number of alkyl halides is 2. The topological polar surface area (TPSA) is 46.5 Å². The molecule has 1 fully saturated rings. The Bertz CT molecular complexity index is 499. The lowest BCUT2D eigenvalue weighted by Gasteiger charge is -2.32. The molecule has 3 nitrogen and oxygen atoms in total. The van der Waals surface area contributed by atoms with Crippen LogP contribution in [0.2, 0.25) is 5.02 Å². The standard InChI is InChI=1S/C13H11ClF2O3/c14-9-4-1-8(2-5-9)3-6-11-13(15,16)10(17)7-12(18)19-11/h1-6,10-11,17H,7H2/b6-3+/t10-,11+/m0/s1. The van der Waals surface area contributed by atoms with E-state index in [1.165, 1.54) is 6.08 Å². The SMILES string of the molecule is O=C1C[C@H](O)C(F)(F)[C@@H](/C=C/c2ccc(Cl)cc2)O1. The second-order valence-corrected chi connectivity index (χ2v) is 4.65. The van der Waals surface area contributed by atoms with Crippen molar-refractivity contribution in [3.63, 3.8) is 0 Å². The highest BCUT2D eigenvalue weighted by atomic mass is 35.5. The first-order valence-electron chi connectivity index (χ1n) is 5.58. The summed E-state index contributed by atoms with van der Waals surface area (Å²) in [5, 5.41) is 9.74. The van der Waals surface area contributed by atoms with Gasteiger partial charge in [0.1, 0.15) is 6.10 Å². The minimum absolute atomic E-state index is 0.530. The zero-order valence-corrected chi connectivity index (χ0v) is 10.5. The van der Waals surface area contributed by atoms with Crippen LogP contribution in [0.5, 0.6) is 0 Å². The summed E-state index contributed by atoms with van der Waals surface area (Å²) in [4.78, 5) is 11.1. The number of halogens is 3. The highest BCUT2D eigenvalue weighted by molar-refractivity contribution is 6.30. The fourth-order valence-electron chi connectivity index (χ4n) is 1.69. The summed E-state index contributed by atoms with van der Waals surface area (Å²) in [5.74, 6) is -4.33. The van der Waals surface area contributed by atoms with E-state index in [0.29, 0.717) is 10.6 Å². The highest BCUT2D eigenvalue weighted by Gasteiger charge is 2.52. The molecular formula is C13H11ClF2O3. The maximum absolute atomic E-state index is 13.6. The number of rotatable bonds is 2. The van der Waals surface area contributed by atoms with Crippen LogP contribution < -0.4 is 0 Å². The van der Waals surface area contributed by atoms with Crippen molar-refractivity contribution in [3.05, 3.63) is 40.9 Å². The van der Waals surface area contributed by atoms with Gasteiger partial charge < -0.3 is 9.84 Å². The summed E-state index contributed by atoms with van der Waals surface area (Å²) in [7, 11) is 0. The van der Waals surface area contributed by atoms with Gasteiger partial charge in [0.15, 0.2) is 6.10 Å². The second kappa shape index (κ2) is 5.27. The first kappa shape index (κ1) is 14.0. The van der Waals surface area contributed by atoms with Gasteiger partial charge in [0.2, 0.25) is 0 Å². The van der Waals surface area contributed by atoms with Crippen molar-refractivity contribution in [1.29, 1.82) is 0 Å². The average Bonchev–Trinajstić information content (AvgIpc) is 2.34. The molecule has 1 aliphatic heterocycles. The number of ether oxygens (including phenoxy) is 1. The van der Waals surface area contributed by atoms with Crippen molar-refractivity contribution in [3.8, 4) is 0 Å². The summed E-state index contributed by atoms with van der Waals surface area (Å²) in [6.45, 7) is 0. The van der Waals surface area contributed by atoms with Gasteiger partial charge in [0.05, 0.1) is 6.42 Å². The molecule has 1 N–H and O–H groups in total. The lowest BCUT2D eigenvalue weighted by atomic mass is 9.99. The number of aliphatic hydroxyl groups is 1. The fourth-order valence-corrected chi connectivity index (χ4v) is 1.82. The smallest absolute Gasteiger partial charge is 0.313 e. The highest BCUT2D eigenvalue weighted by Crippen LogP contribution is 2.33. The summed E-state index contributed by atoms with van der Waals surface area (Å²) >= 11 is 5.70. The molecule has 1 aromatic carbocycles. The summed E-state index contributed by atoms with van der Waals surface area (Å²) in [6, 6.07) is 6.50. The van der Waals surface area contributed by atoms with E-state index in [0.717, 1.165) is 6.08 Å². The average molecular weight is 289 g/mol. The normalized spacial score (nSPS) is 26.4. The Balaban J connectivity index is 2.16. The van der Waals surface area contributed by atoms with Crippen LogP contribution in [0.3, 0.4) is 0 Å². The van der Waals surface area contributed by atoms with Crippen molar-refractivity contribution in [2.45, 2.75) is 24.6 Å². The first-order valence-corrected chi connectivity index (χ1v) is 5.96. The van der Waals surface area contributed by atoms with Crippen LogP contribution in [-0.4, -0.2) is 29.2 Å². The minimum Gasteiger partial charge on any atom is -0.451 e. The molecule has 2 rings (SSSR count). The molecule has 0 unspecified atom stereocenters. The number of carbonyl (C=O) groups excluding carboxylic acids is 1. The number of cyclic esters (lactones) is 1. The molecule has 0 aromatic heterocycles. The quantitative estimate of drug-likeness (QED) is 0.851. The third-order valence-electron chi connectivity index (χ3n) is 2.78. The summed E-state index contributed by atoms with van der Waals surface area (Å²) in [5.41, 5.74) is 0.635. The fraction of sp³-hybridized carbons (Fsp3) is 0.308. The number of carbonyl (C=O) groups is 1. The Morgan fingerprint density at radius 3 is 2.63 bits per heavy atom. The Morgan fingerprint density at radius 1 is 1.37 bits per heavy atom. The van der Waals surface area contributed by atoms with Crippen LogP contribution in [0.15, 0.2) is 30.3 Å². The molecular weight excluding hydrogens is 278 g/mol. The molecule has 0 spiro atoms. The third kappa shape index (κ3) is 3.11. The van der Waals surface area contributed by atoms with Gasteiger partial charge >= 0.3 is 11.9 Å². The lowest BCUT2D eigenvalue weighted by Crippen LogP contribution is -2.51. The van der Waals surface area contributed by atoms with E-state index in [1.54, 1.807) is 24.3 Å². The molecule has 0 bridgehead atoms. The van der Waals surface area contributed by atoms with Crippen LogP contribution in [0.25, 0.3) is 6.08 Å². The maximum atomic E-state index is 13.6. The van der Waals surface area contributed by atoms with Gasteiger partial charge in [-0.05, 0) is 23.8 Å². The van der Waals surface area contributed by atoms with Gasteiger partial charge in [-0.15, -0.1) is 0 Å². The van der Waals surface area contributed by atoms with Crippen molar-refractivity contribution < 1.29 is 23.4 Å². The van der Waals surface area contributed by atoms with E-state index in [4.69, 9.17) is 11.6 Å². The molecule has 0 aliphatic carbocycles. The predicted octanol–water partition coefficient (Wildman–Crippen LogP) is 2.66. The second-order valence-electron chi connectivity index (χ2n) is 4.22. The Hall–Kier alpha value is -1.46. The van der Waals surface area contributed by atoms with E-state index < -0.39 is 30.5 Å². The van der Waals surface area contributed by atoms with Gasteiger partial charge in [-0.25, -0.2) is 0 Å². The molecule has 0 radical (unpaired) electrons. The van der Waals surface area contributed by atoms with Gasteiger partial charge in [0.25, 0.3) is 0 Å². The monoisotopic (exact) mass is 288 g/mol. The Kier molecular flexibility index (Phi) is 3.87. The molecule has 1 heterocycles. The van der Waals surface area contributed by atoms with E-state index in [1.807, 2.05) is 0 Å². The van der Waals surface area contributed by atoms with Gasteiger partial charge in [-0.2, -0.15) is 8.78 Å². The molecule has 19 heavy (non-hydrogen) atoms. The molecule has 0 amide bonds. The summed E-state index contributed by atoms with van der Waals surface area (Å²) in [6.07, 6.45) is -2.03. The number of hydrogen-bond donors (Lipinski definition) is 1. The summed E-state index contributed by atoms with van der Waals surface area (Å²) < 4.78 is 31.8. The van der Waals surface area contributed by atoms with Crippen LogP contribution in [0.4, 0.5) is 8.78 Å². The van der Waals surface area contributed by atoms with Gasteiger partial charge in [0, 0.05) is 5.02 Å². The van der Waals surface area contributed by atoms with E-state index >= 15 is 0 Å². The van der Waals surface area contributed by atoms with Crippen LogP contribution in [0.1, 0.15) is 12.0 Å². The van der Waals surface area contributed by atoms with Crippen LogP contribution in [-0.2, 0) is 9.53 Å². The zero-order chi connectivity index (χ0) is 14.0. The van der Waals surface area contributed by atoms with E-state index in [9.17, 15) is 18.7 Å². The molecule has 1 aliphatic rings. The maximum Gasteiger partial charge on any atom is 0.313 e. The predicted molar refractivity (Wildman–Crippen MR) is 65.9 cm³/mol.